The summed E-state index contributed by atoms with van der Waals surface area (Å²) in [6, 6.07) is 79.4. The third-order valence-corrected chi connectivity index (χ3v) is 12.3. The Morgan fingerprint density at radius 2 is 0.789 bits per heavy atom. The van der Waals surface area contributed by atoms with Crippen molar-refractivity contribution in [2.75, 3.05) is 4.90 Å². The van der Waals surface area contributed by atoms with Crippen molar-refractivity contribution in [3.8, 4) is 39.1 Å². The highest BCUT2D eigenvalue weighted by Crippen LogP contribution is 2.42. The maximum Gasteiger partial charge on any atom is 0.0561 e. The number of nitrogens with zero attached hydrogens (tertiary/aromatic N) is 2. The Morgan fingerprint density at radius 1 is 0.298 bits per heavy atom. The molecule has 11 rings (SSSR count). The van der Waals surface area contributed by atoms with E-state index >= 15 is 0 Å². The van der Waals surface area contributed by atoms with Gasteiger partial charge < -0.3 is 9.47 Å². The van der Waals surface area contributed by atoms with Crippen LogP contribution in [0, 0.1) is 0 Å². The SMILES string of the molecule is c1ccc(-c2ccc(N(c3ccc(-c4ccccc4)cc3)c3ccc4c5cc(-c6ccc7sc8ccccc8c7c6)ccc5n(-c5ccccc5)c4c3)cc2)cc1. The lowest BCUT2D eigenvalue weighted by Gasteiger charge is -2.26. The molecule has 0 radical (unpaired) electrons. The van der Waals surface area contributed by atoms with Crippen LogP contribution in [-0.2, 0) is 0 Å². The lowest BCUT2D eigenvalue weighted by Crippen LogP contribution is -2.10. The maximum atomic E-state index is 2.42. The molecule has 2 aromatic heterocycles. The Morgan fingerprint density at radius 3 is 1.44 bits per heavy atom. The quantitative estimate of drug-likeness (QED) is 0.158. The zero-order chi connectivity index (χ0) is 37.7. The second kappa shape index (κ2) is 13.8. The summed E-state index contributed by atoms with van der Waals surface area (Å²) in [4.78, 5) is 2.38. The normalized spacial score (nSPS) is 11.5. The van der Waals surface area contributed by atoms with Gasteiger partial charge >= 0.3 is 0 Å². The Bertz CT molecular complexity index is 3120. The molecule has 268 valence electrons. The Labute approximate surface area is 335 Å². The summed E-state index contributed by atoms with van der Waals surface area (Å²) < 4.78 is 5.07. The number of para-hydroxylation sites is 1. The fourth-order valence-corrected chi connectivity index (χ4v) is 9.49. The third kappa shape index (κ3) is 5.88. The average Bonchev–Trinajstić information content (AvgIpc) is 3.82. The first-order valence-corrected chi connectivity index (χ1v) is 20.2. The first kappa shape index (κ1) is 33.2. The third-order valence-electron chi connectivity index (χ3n) is 11.2. The van der Waals surface area contributed by atoms with Crippen molar-refractivity contribution in [3.63, 3.8) is 0 Å². The number of aromatic nitrogens is 1. The largest absolute Gasteiger partial charge is 0.310 e. The van der Waals surface area contributed by atoms with Gasteiger partial charge in [0, 0.05) is 53.7 Å². The Hall–Kier alpha value is -7.20. The van der Waals surface area contributed by atoms with E-state index in [4.69, 9.17) is 0 Å². The molecule has 0 N–H and O–H groups in total. The van der Waals surface area contributed by atoms with Crippen molar-refractivity contribution >= 4 is 70.4 Å². The molecular weight excluding hydrogens is 709 g/mol. The van der Waals surface area contributed by atoms with Gasteiger partial charge in [-0.05, 0) is 112 Å². The van der Waals surface area contributed by atoms with Crippen LogP contribution in [0.25, 0.3) is 81.0 Å². The highest BCUT2D eigenvalue weighted by atomic mass is 32.1. The zero-order valence-corrected chi connectivity index (χ0v) is 31.9. The van der Waals surface area contributed by atoms with Crippen molar-refractivity contribution in [1.29, 1.82) is 0 Å². The fraction of sp³-hybridized carbons (Fsp3) is 0. The molecule has 2 nitrogen and oxygen atoms in total. The first-order valence-electron chi connectivity index (χ1n) is 19.4. The summed E-state index contributed by atoms with van der Waals surface area (Å²) in [5.41, 5.74) is 14.0. The summed E-state index contributed by atoms with van der Waals surface area (Å²) in [6.07, 6.45) is 0. The number of hydrogen-bond donors (Lipinski definition) is 0. The molecule has 0 unspecified atom stereocenters. The van der Waals surface area contributed by atoms with Crippen LogP contribution in [0.2, 0.25) is 0 Å². The summed E-state index contributed by atoms with van der Waals surface area (Å²) in [5, 5.41) is 5.10. The average molecular weight is 745 g/mol. The van der Waals surface area contributed by atoms with Crippen LogP contribution in [0.5, 0.6) is 0 Å². The monoisotopic (exact) mass is 744 g/mol. The molecule has 2 heterocycles. The van der Waals surface area contributed by atoms with Gasteiger partial charge in [0.2, 0.25) is 0 Å². The van der Waals surface area contributed by atoms with E-state index in [2.05, 4.69) is 228 Å². The van der Waals surface area contributed by atoms with E-state index in [1.165, 1.54) is 69.8 Å². The van der Waals surface area contributed by atoms with Gasteiger partial charge in [-0.1, -0.05) is 140 Å². The molecule has 0 fully saturated rings. The minimum Gasteiger partial charge on any atom is -0.310 e. The van der Waals surface area contributed by atoms with Gasteiger partial charge in [-0.25, -0.2) is 0 Å². The Kier molecular flexibility index (Phi) is 8.04. The van der Waals surface area contributed by atoms with Crippen LogP contribution in [0.3, 0.4) is 0 Å². The number of anilines is 3. The van der Waals surface area contributed by atoms with E-state index in [1.54, 1.807) is 0 Å². The van der Waals surface area contributed by atoms with Gasteiger partial charge in [0.15, 0.2) is 0 Å². The van der Waals surface area contributed by atoms with Crippen molar-refractivity contribution in [3.05, 3.63) is 218 Å². The zero-order valence-electron chi connectivity index (χ0n) is 31.1. The molecule has 9 aromatic carbocycles. The molecule has 0 aliphatic heterocycles. The van der Waals surface area contributed by atoms with Crippen LogP contribution >= 0.6 is 11.3 Å². The highest BCUT2D eigenvalue weighted by molar-refractivity contribution is 7.25. The number of hydrogen-bond acceptors (Lipinski definition) is 2. The molecule has 57 heavy (non-hydrogen) atoms. The van der Waals surface area contributed by atoms with Crippen LogP contribution in [0.4, 0.5) is 17.1 Å². The molecular formula is C54H36N2S. The van der Waals surface area contributed by atoms with Gasteiger partial charge in [0.05, 0.1) is 11.0 Å². The van der Waals surface area contributed by atoms with Crippen LogP contribution < -0.4 is 4.90 Å². The van der Waals surface area contributed by atoms with E-state index in [1.807, 2.05) is 11.3 Å². The lowest BCUT2D eigenvalue weighted by molar-refractivity contribution is 1.18. The van der Waals surface area contributed by atoms with E-state index in [9.17, 15) is 0 Å². The smallest absolute Gasteiger partial charge is 0.0561 e. The lowest BCUT2D eigenvalue weighted by atomic mass is 10.0. The standard InChI is InChI=1S/C54H36N2S/c1-4-12-37(13-5-1)39-20-26-44(27-21-39)55(45-28-22-40(23-29-45)38-14-6-2-7-15-38)46-30-31-47-49-34-41(24-32-51(49)56(52(47)36-46)43-16-8-3-9-17-43)42-25-33-54-50(35-42)48-18-10-11-19-53(48)57-54/h1-36H. The molecule has 0 saturated heterocycles. The van der Waals surface area contributed by atoms with E-state index in [0.717, 1.165) is 28.3 Å². The van der Waals surface area contributed by atoms with Gasteiger partial charge in [-0.15, -0.1) is 11.3 Å². The van der Waals surface area contributed by atoms with Gasteiger partial charge in [-0.3, -0.25) is 0 Å². The second-order valence-electron chi connectivity index (χ2n) is 14.6. The molecule has 0 spiro atoms. The molecule has 11 aromatic rings. The number of benzene rings is 9. The van der Waals surface area contributed by atoms with E-state index in [-0.39, 0.29) is 0 Å². The van der Waals surface area contributed by atoms with E-state index in [0.29, 0.717) is 0 Å². The van der Waals surface area contributed by atoms with Crippen LogP contribution in [0.1, 0.15) is 0 Å². The second-order valence-corrected chi connectivity index (χ2v) is 15.7. The van der Waals surface area contributed by atoms with Gasteiger partial charge in [0.1, 0.15) is 0 Å². The molecule has 0 amide bonds. The van der Waals surface area contributed by atoms with Crippen LogP contribution in [0.15, 0.2) is 218 Å². The minimum atomic E-state index is 1.09. The summed E-state index contributed by atoms with van der Waals surface area (Å²) >= 11 is 1.86. The summed E-state index contributed by atoms with van der Waals surface area (Å²) in [6.45, 7) is 0. The summed E-state index contributed by atoms with van der Waals surface area (Å²) in [5.74, 6) is 0. The minimum absolute atomic E-state index is 1.09. The van der Waals surface area contributed by atoms with Gasteiger partial charge in [-0.2, -0.15) is 0 Å². The van der Waals surface area contributed by atoms with Crippen molar-refractivity contribution < 1.29 is 0 Å². The fourth-order valence-electron chi connectivity index (χ4n) is 8.40. The maximum absolute atomic E-state index is 2.42. The first-order chi connectivity index (χ1) is 28.2. The predicted molar refractivity (Wildman–Crippen MR) is 245 cm³/mol. The molecule has 0 aliphatic rings. The summed E-state index contributed by atoms with van der Waals surface area (Å²) in [7, 11) is 0. The molecule has 3 heteroatoms. The van der Waals surface area contributed by atoms with Crippen molar-refractivity contribution in [2.45, 2.75) is 0 Å². The molecule has 0 bridgehead atoms. The predicted octanol–water partition coefficient (Wildman–Crippen LogP) is 15.6. The van der Waals surface area contributed by atoms with Crippen molar-refractivity contribution in [1.82, 2.24) is 4.57 Å². The number of thiophene rings is 1. The molecule has 0 atom stereocenters. The van der Waals surface area contributed by atoms with E-state index < -0.39 is 0 Å². The number of fused-ring (bicyclic) bond motifs is 6. The highest BCUT2D eigenvalue weighted by Gasteiger charge is 2.19. The Balaban J connectivity index is 1.08. The molecule has 0 aliphatic carbocycles. The van der Waals surface area contributed by atoms with Gasteiger partial charge in [0.25, 0.3) is 0 Å². The molecule has 0 saturated carbocycles. The van der Waals surface area contributed by atoms with Crippen molar-refractivity contribution in [2.24, 2.45) is 0 Å². The topological polar surface area (TPSA) is 8.17 Å². The number of rotatable bonds is 7. The van der Waals surface area contributed by atoms with Crippen LogP contribution in [-0.4, -0.2) is 4.57 Å².